The average Bonchev–Trinajstić information content (AvgIpc) is 2.16. The van der Waals surface area contributed by atoms with Gasteiger partial charge in [-0.1, -0.05) is 12.2 Å². The van der Waals surface area contributed by atoms with E-state index < -0.39 is 33.5 Å². The quantitative estimate of drug-likeness (QED) is 0.582. The van der Waals surface area contributed by atoms with E-state index in [4.69, 9.17) is 34.8 Å². The van der Waals surface area contributed by atoms with Crippen LogP contribution >= 0.6 is 34.8 Å². The van der Waals surface area contributed by atoms with Gasteiger partial charge >= 0.3 is 0 Å². The Hall–Kier alpha value is -0.380. The molecule has 0 bridgehead atoms. The molecule has 0 aliphatic heterocycles. The molecule has 0 radical (unpaired) electrons. The second kappa shape index (κ2) is 5.10. The summed E-state index contributed by atoms with van der Waals surface area (Å²) in [5.74, 6) is -2.11. The van der Waals surface area contributed by atoms with E-state index in [0.29, 0.717) is 0 Å². The Bertz CT molecular complexity index is 337. The van der Waals surface area contributed by atoms with E-state index in [0.717, 1.165) is 0 Å². The van der Waals surface area contributed by atoms with Crippen molar-refractivity contribution in [3.63, 3.8) is 0 Å². The number of carbonyl (C=O) groups excluding carboxylic acids is 3. The molecule has 0 aromatic heterocycles. The lowest BCUT2D eigenvalue weighted by Gasteiger charge is -2.25. The van der Waals surface area contributed by atoms with E-state index in [9.17, 15) is 14.4 Å². The monoisotopic (exact) mass is 268 g/mol. The summed E-state index contributed by atoms with van der Waals surface area (Å²) < 4.78 is 0. The van der Waals surface area contributed by atoms with Crippen LogP contribution in [0.4, 0.5) is 0 Å². The SMILES string of the molecule is O=C(Cl)C1C=CC(C(=O)Cl)C(C(=O)Cl)C1. The van der Waals surface area contributed by atoms with Gasteiger partial charge in [0.05, 0.1) is 11.8 Å². The molecular weight excluding hydrogens is 262 g/mol. The third-order valence-electron chi connectivity index (χ3n) is 2.34. The minimum atomic E-state index is -0.769. The van der Waals surface area contributed by atoms with E-state index >= 15 is 0 Å². The van der Waals surface area contributed by atoms with Gasteiger partial charge in [-0.25, -0.2) is 0 Å². The van der Waals surface area contributed by atoms with Gasteiger partial charge in [0.2, 0.25) is 15.7 Å². The van der Waals surface area contributed by atoms with Gasteiger partial charge < -0.3 is 0 Å². The van der Waals surface area contributed by atoms with E-state index in [1.54, 1.807) is 0 Å². The van der Waals surface area contributed by atoms with Gasteiger partial charge in [0.25, 0.3) is 0 Å². The molecule has 3 atom stereocenters. The second-order valence-electron chi connectivity index (χ2n) is 3.27. The maximum Gasteiger partial charge on any atom is 0.229 e. The number of hydrogen-bond donors (Lipinski definition) is 0. The molecule has 0 spiro atoms. The van der Waals surface area contributed by atoms with Gasteiger partial charge in [-0.3, -0.25) is 14.4 Å². The average molecular weight is 270 g/mol. The zero-order valence-electron chi connectivity index (χ0n) is 7.45. The molecule has 0 saturated heterocycles. The van der Waals surface area contributed by atoms with Crippen molar-refractivity contribution >= 4 is 50.5 Å². The standard InChI is InChI=1S/C9H7Cl3O3/c10-7(13)4-1-2-5(8(11)14)6(3-4)9(12)15/h1-2,4-6H,3H2. The summed E-state index contributed by atoms with van der Waals surface area (Å²) in [5, 5.41) is -1.92. The number of carbonyl (C=O) groups is 3. The summed E-state index contributed by atoms with van der Waals surface area (Å²) >= 11 is 15.9. The normalized spacial score (nSPS) is 29.9. The van der Waals surface area contributed by atoms with Crippen LogP contribution in [0.25, 0.3) is 0 Å². The lowest BCUT2D eigenvalue weighted by Crippen LogP contribution is -2.30. The molecule has 6 heteroatoms. The molecule has 0 amide bonds. The number of halogens is 3. The summed E-state index contributed by atoms with van der Waals surface area (Å²) in [6, 6.07) is 0. The highest BCUT2D eigenvalue weighted by Gasteiger charge is 2.36. The largest absolute Gasteiger partial charge is 0.281 e. The van der Waals surface area contributed by atoms with Gasteiger partial charge in [-0.2, -0.15) is 0 Å². The molecule has 15 heavy (non-hydrogen) atoms. The molecule has 1 aliphatic carbocycles. The molecule has 0 aromatic rings. The van der Waals surface area contributed by atoms with Crippen LogP contribution in [0.15, 0.2) is 12.2 Å². The van der Waals surface area contributed by atoms with E-state index in [1.165, 1.54) is 12.2 Å². The maximum atomic E-state index is 11.0. The first-order chi connectivity index (χ1) is 6.93. The fourth-order valence-corrected chi connectivity index (χ4v) is 2.13. The molecule has 3 nitrogen and oxygen atoms in total. The van der Waals surface area contributed by atoms with E-state index in [1.807, 2.05) is 0 Å². The van der Waals surface area contributed by atoms with Gasteiger partial charge in [0, 0.05) is 5.92 Å². The summed E-state index contributed by atoms with van der Waals surface area (Å²) in [6.45, 7) is 0. The molecule has 0 aromatic carbocycles. The van der Waals surface area contributed by atoms with Crippen LogP contribution in [0.2, 0.25) is 0 Å². The van der Waals surface area contributed by atoms with Crippen molar-refractivity contribution in [1.29, 1.82) is 0 Å². The summed E-state index contributed by atoms with van der Waals surface area (Å²) in [7, 11) is 0. The lowest BCUT2D eigenvalue weighted by atomic mass is 9.81. The number of rotatable bonds is 3. The summed E-state index contributed by atoms with van der Waals surface area (Å²) in [5.41, 5.74) is 0. The zero-order valence-corrected chi connectivity index (χ0v) is 9.72. The number of allylic oxidation sites excluding steroid dienone is 2. The Morgan fingerprint density at radius 3 is 1.93 bits per heavy atom. The molecule has 0 saturated carbocycles. The maximum absolute atomic E-state index is 11.0. The Labute approximate surface area is 101 Å². The highest BCUT2D eigenvalue weighted by Crippen LogP contribution is 2.32. The first-order valence-corrected chi connectivity index (χ1v) is 5.33. The van der Waals surface area contributed by atoms with Crippen LogP contribution < -0.4 is 0 Å². The van der Waals surface area contributed by atoms with Crippen molar-refractivity contribution in [2.75, 3.05) is 0 Å². The Balaban J connectivity index is 2.92. The summed E-state index contributed by atoms with van der Waals surface area (Å²) in [6.07, 6.45) is 3.02. The van der Waals surface area contributed by atoms with Crippen LogP contribution in [-0.4, -0.2) is 15.7 Å². The van der Waals surface area contributed by atoms with Crippen LogP contribution in [0.1, 0.15) is 6.42 Å². The molecular formula is C9H7Cl3O3. The highest BCUT2D eigenvalue weighted by atomic mass is 35.5. The topological polar surface area (TPSA) is 51.2 Å². The first kappa shape index (κ1) is 12.7. The van der Waals surface area contributed by atoms with Crippen molar-refractivity contribution < 1.29 is 14.4 Å². The highest BCUT2D eigenvalue weighted by molar-refractivity contribution is 6.67. The van der Waals surface area contributed by atoms with Crippen molar-refractivity contribution in [2.24, 2.45) is 17.8 Å². The van der Waals surface area contributed by atoms with Crippen molar-refractivity contribution in [3.8, 4) is 0 Å². The van der Waals surface area contributed by atoms with Crippen molar-refractivity contribution in [1.82, 2.24) is 0 Å². The smallest absolute Gasteiger partial charge is 0.229 e. The fraction of sp³-hybridized carbons (Fsp3) is 0.444. The predicted octanol–water partition coefficient (Wildman–Crippen LogP) is 2.09. The summed E-state index contributed by atoms with van der Waals surface area (Å²) in [4.78, 5) is 32.9. The third kappa shape index (κ3) is 3.03. The van der Waals surface area contributed by atoms with Crippen LogP contribution in [0.3, 0.4) is 0 Å². The first-order valence-electron chi connectivity index (χ1n) is 4.20. The molecule has 3 unspecified atom stereocenters. The Morgan fingerprint density at radius 1 is 0.933 bits per heavy atom. The second-order valence-corrected chi connectivity index (χ2v) is 4.39. The molecule has 0 heterocycles. The molecule has 1 rings (SSSR count). The minimum absolute atomic E-state index is 0.129. The molecule has 0 fully saturated rings. The number of hydrogen-bond acceptors (Lipinski definition) is 3. The third-order valence-corrected chi connectivity index (χ3v) is 3.15. The minimum Gasteiger partial charge on any atom is -0.281 e. The van der Waals surface area contributed by atoms with E-state index in [-0.39, 0.29) is 6.42 Å². The Morgan fingerprint density at radius 2 is 1.53 bits per heavy atom. The van der Waals surface area contributed by atoms with Gasteiger partial charge in [0.15, 0.2) is 0 Å². The van der Waals surface area contributed by atoms with E-state index in [2.05, 4.69) is 0 Å². The Kier molecular flexibility index (Phi) is 4.32. The molecule has 1 aliphatic rings. The molecule has 0 N–H and O–H groups in total. The zero-order chi connectivity index (χ0) is 11.6. The van der Waals surface area contributed by atoms with Gasteiger partial charge in [-0.05, 0) is 41.2 Å². The van der Waals surface area contributed by atoms with Crippen molar-refractivity contribution in [3.05, 3.63) is 12.2 Å². The predicted molar refractivity (Wildman–Crippen MR) is 56.8 cm³/mol. The van der Waals surface area contributed by atoms with Crippen LogP contribution in [0, 0.1) is 17.8 Å². The van der Waals surface area contributed by atoms with Gasteiger partial charge in [0.1, 0.15) is 0 Å². The van der Waals surface area contributed by atoms with Gasteiger partial charge in [-0.15, -0.1) is 0 Å². The van der Waals surface area contributed by atoms with Crippen LogP contribution in [0.5, 0.6) is 0 Å². The lowest BCUT2D eigenvalue weighted by molar-refractivity contribution is -0.124. The fourth-order valence-electron chi connectivity index (χ4n) is 1.52. The molecule has 82 valence electrons. The van der Waals surface area contributed by atoms with Crippen molar-refractivity contribution in [2.45, 2.75) is 6.42 Å². The van der Waals surface area contributed by atoms with Crippen LogP contribution in [-0.2, 0) is 14.4 Å².